The molecule has 13 heavy (non-hydrogen) atoms. The van der Waals surface area contributed by atoms with E-state index in [1.165, 1.54) is 11.9 Å². The molecule has 1 rings (SSSR count). The smallest absolute Gasteiger partial charge is 0.323 e. The van der Waals surface area contributed by atoms with Crippen LogP contribution in [0.3, 0.4) is 0 Å². The van der Waals surface area contributed by atoms with Crippen molar-refractivity contribution < 1.29 is 14.7 Å². The Morgan fingerprint density at radius 1 is 1.54 bits per heavy atom. The van der Waals surface area contributed by atoms with Gasteiger partial charge in [0, 0.05) is 7.05 Å². The minimum atomic E-state index is -1.02. The maximum Gasteiger partial charge on any atom is 0.323 e. The van der Waals surface area contributed by atoms with E-state index in [9.17, 15) is 9.59 Å². The molecule has 5 nitrogen and oxygen atoms in total. The lowest BCUT2D eigenvalue weighted by atomic mass is 9.77. The molecule has 0 aromatic carbocycles. The first-order chi connectivity index (χ1) is 5.96. The monoisotopic (exact) mass is 186 g/mol. The molecule has 1 saturated carbocycles. The number of nitrogens with zero attached hydrogens (tertiary/aromatic N) is 1. The Kier molecular flexibility index (Phi) is 2.56. The van der Waals surface area contributed by atoms with Crippen LogP contribution in [0.5, 0.6) is 0 Å². The Balaban J connectivity index is 2.51. The molecule has 0 spiro atoms. The second-order valence-electron chi connectivity index (χ2n) is 3.56. The van der Waals surface area contributed by atoms with E-state index in [2.05, 4.69) is 0 Å². The fraction of sp³-hybridized carbons (Fsp3) is 0.750. The van der Waals surface area contributed by atoms with Crippen molar-refractivity contribution in [2.75, 3.05) is 13.6 Å². The maximum absolute atomic E-state index is 11.5. The molecule has 3 N–H and O–H groups in total. The van der Waals surface area contributed by atoms with Gasteiger partial charge in [-0.3, -0.25) is 9.59 Å². The number of nitrogens with two attached hydrogens (primary N) is 1. The van der Waals surface area contributed by atoms with Crippen LogP contribution in [-0.4, -0.2) is 41.0 Å². The Morgan fingerprint density at radius 3 is 2.38 bits per heavy atom. The van der Waals surface area contributed by atoms with Crippen molar-refractivity contribution in [3.8, 4) is 0 Å². The van der Waals surface area contributed by atoms with Crippen molar-refractivity contribution in [2.45, 2.75) is 24.8 Å². The number of hydrogen-bond donors (Lipinski definition) is 2. The van der Waals surface area contributed by atoms with Crippen molar-refractivity contribution in [3.05, 3.63) is 0 Å². The zero-order valence-electron chi connectivity index (χ0n) is 7.62. The number of carboxylic acids is 1. The van der Waals surface area contributed by atoms with Crippen LogP contribution in [0.1, 0.15) is 19.3 Å². The lowest BCUT2D eigenvalue weighted by Crippen LogP contribution is -2.59. The molecule has 0 atom stereocenters. The van der Waals surface area contributed by atoms with E-state index in [1.54, 1.807) is 0 Å². The molecule has 0 saturated heterocycles. The van der Waals surface area contributed by atoms with Crippen LogP contribution >= 0.6 is 0 Å². The summed E-state index contributed by atoms with van der Waals surface area (Å²) in [5.74, 6) is -1.28. The van der Waals surface area contributed by atoms with Gasteiger partial charge in [-0.1, -0.05) is 0 Å². The molecule has 1 aliphatic carbocycles. The second kappa shape index (κ2) is 3.33. The summed E-state index contributed by atoms with van der Waals surface area (Å²) in [6.45, 7) is -0.280. The molecule has 0 heterocycles. The van der Waals surface area contributed by atoms with E-state index in [4.69, 9.17) is 10.8 Å². The van der Waals surface area contributed by atoms with Crippen molar-refractivity contribution >= 4 is 11.9 Å². The predicted molar refractivity (Wildman–Crippen MR) is 46.0 cm³/mol. The number of rotatable bonds is 3. The lowest BCUT2D eigenvalue weighted by Gasteiger charge is -2.38. The number of carbonyl (C=O) groups excluding carboxylic acids is 1. The number of aliphatic carboxylic acids is 1. The summed E-state index contributed by atoms with van der Waals surface area (Å²) in [7, 11) is 1.46. The zero-order chi connectivity index (χ0) is 10.1. The molecule has 0 aromatic rings. The largest absolute Gasteiger partial charge is 0.480 e. The minimum absolute atomic E-state index is 0.263. The van der Waals surface area contributed by atoms with Crippen LogP contribution in [0.4, 0.5) is 0 Å². The van der Waals surface area contributed by atoms with Gasteiger partial charge in [0.05, 0.1) is 5.54 Å². The van der Waals surface area contributed by atoms with Gasteiger partial charge in [-0.15, -0.1) is 0 Å². The van der Waals surface area contributed by atoms with Gasteiger partial charge >= 0.3 is 5.97 Å². The molecule has 0 bridgehead atoms. The molecule has 0 aromatic heterocycles. The molecular formula is C8H14N2O3. The van der Waals surface area contributed by atoms with Crippen molar-refractivity contribution in [1.82, 2.24) is 4.90 Å². The van der Waals surface area contributed by atoms with Crippen LogP contribution in [0.25, 0.3) is 0 Å². The molecule has 74 valence electrons. The summed E-state index contributed by atoms with van der Waals surface area (Å²) in [6, 6.07) is 0. The zero-order valence-corrected chi connectivity index (χ0v) is 7.62. The molecule has 0 unspecified atom stereocenters. The van der Waals surface area contributed by atoms with Crippen molar-refractivity contribution in [3.63, 3.8) is 0 Å². The normalized spacial score (nSPS) is 18.9. The highest BCUT2D eigenvalue weighted by Gasteiger charge is 2.42. The first-order valence-corrected chi connectivity index (χ1v) is 4.22. The Hall–Kier alpha value is -1.10. The summed E-state index contributed by atoms with van der Waals surface area (Å²) in [4.78, 5) is 23.0. The number of carboxylic acid groups (broad SMARTS) is 1. The van der Waals surface area contributed by atoms with Crippen LogP contribution in [0, 0.1) is 0 Å². The molecule has 0 radical (unpaired) electrons. The molecule has 0 aliphatic heterocycles. The fourth-order valence-electron chi connectivity index (χ4n) is 1.43. The van der Waals surface area contributed by atoms with Gasteiger partial charge in [0.2, 0.25) is 5.91 Å². The Labute approximate surface area is 76.5 Å². The van der Waals surface area contributed by atoms with Gasteiger partial charge < -0.3 is 15.7 Å². The van der Waals surface area contributed by atoms with Crippen molar-refractivity contribution in [1.29, 1.82) is 0 Å². The highest BCUT2D eigenvalue weighted by molar-refractivity contribution is 5.89. The predicted octanol–water partition coefficient (Wildman–Crippen LogP) is -0.589. The third-order valence-electron chi connectivity index (χ3n) is 2.39. The molecule has 1 amide bonds. The summed E-state index contributed by atoms with van der Waals surface area (Å²) >= 11 is 0. The highest BCUT2D eigenvalue weighted by atomic mass is 16.4. The van der Waals surface area contributed by atoms with Gasteiger partial charge in [0.15, 0.2) is 0 Å². The number of hydrogen-bond acceptors (Lipinski definition) is 3. The third-order valence-corrected chi connectivity index (χ3v) is 2.39. The van der Waals surface area contributed by atoms with E-state index in [-0.39, 0.29) is 12.5 Å². The average molecular weight is 186 g/mol. The van der Waals surface area contributed by atoms with Crippen molar-refractivity contribution in [2.24, 2.45) is 5.73 Å². The van der Waals surface area contributed by atoms with Gasteiger partial charge in [0.25, 0.3) is 0 Å². The first kappa shape index (κ1) is 9.98. The van der Waals surface area contributed by atoms with E-state index in [1.807, 2.05) is 0 Å². The standard InChI is InChI=1S/C8H14N2O3/c1-10(5-6(11)12)7(13)8(9)3-2-4-8/h2-5,9H2,1H3,(H,11,12). The van der Waals surface area contributed by atoms with Crippen LogP contribution < -0.4 is 5.73 Å². The quantitative estimate of drug-likeness (QED) is 0.617. The van der Waals surface area contributed by atoms with Gasteiger partial charge in [-0.25, -0.2) is 0 Å². The van der Waals surface area contributed by atoms with E-state index in [0.29, 0.717) is 12.8 Å². The summed E-state index contributed by atoms with van der Waals surface area (Å²) in [5, 5.41) is 8.45. The molecular weight excluding hydrogens is 172 g/mol. The van der Waals surface area contributed by atoms with E-state index < -0.39 is 11.5 Å². The third kappa shape index (κ3) is 1.98. The van der Waals surface area contributed by atoms with E-state index in [0.717, 1.165) is 6.42 Å². The molecule has 5 heteroatoms. The maximum atomic E-state index is 11.5. The van der Waals surface area contributed by atoms with Gasteiger partial charge in [0.1, 0.15) is 6.54 Å². The second-order valence-corrected chi connectivity index (χ2v) is 3.56. The Bertz CT molecular complexity index is 236. The Morgan fingerprint density at radius 2 is 2.08 bits per heavy atom. The molecule has 1 aliphatic rings. The summed E-state index contributed by atoms with van der Waals surface area (Å²) in [5.41, 5.74) is 4.95. The van der Waals surface area contributed by atoms with Gasteiger partial charge in [-0.05, 0) is 19.3 Å². The topological polar surface area (TPSA) is 83.6 Å². The minimum Gasteiger partial charge on any atom is -0.480 e. The number of likely N-dealkylation sites (N-methyl/N-ethyl adjacent to an activating group) is 1. The summed E-state index contributed by atoms with van der Waals surface area (Å²) < 4.78 is 0. The van der Waals surface area contributed by atoms with Crippen LogP contribution in [0.15, 0.2) is 0 Å². The average Bonchev–Trinajstić information content (AvgIpc) is 1.97. The van der Waals surface area contributed by atoms with E-state index >= 15 is 0 Å². The lowest BCUT2D eigenvalue weighted by molar-refractivity contribution is -0.147. The number of amides is 1. The van der Waals surface area contributed by atoms with Gasteiger partial charge in [-0.2, -0.15) is 0 Å². The highest BCUT2D eigenvalue weighted by Crippen LogP contribution is 2.30. The fourth-order valence-corrected chi connectivity index (χ4v) is 1.43. The molecule has 1 fully saturated rings. The van der Waals surface area contributed by atoms with Crippen LogP contribution in [-0.2, 0) is 9.59 Å². The number of carbonyl (C=O) groups is 2. The first-order valence-electron chi connectivity index (χ1n) is 4.22. The van der Waals surface area contributed by atoms with Crippen LogP contribution in [0.2, 0.25) is 0 Å². The summed E-state index contributed by atoms with van der Waals surface area (Å²) in [6.07, 6.45) is 2.27. The SMILES string of the molecule is CN(CC(=O)O)C(=O)C1(N)CCC1.